The molecule has 252 valence electrons. The Morgan fingerprint density at radius 3 is 2.08 bits per heavy atom. The van der Waals surface area contributed by atoms with Crippen molar-refractivity contribution < 1.29 is 22.7 Å². The molecule has 0 bridgehead atoms. The molecule has 1 atom stereocenters. The fraction of sp³-hybridized carbons (Fsp3) is 0.333. The highest BCUT2D eigenvalue weighted by Gasteiger charge is 2.35. The number of aryl methyl sites for hydroxylation is 2. The maximum atomic E-state index is 14.8. The highest BCUT2D eigenvalue weighted by Crippen LogP contribution is 2.28. The molecule has 5 rings (SSSR count). The van der Waals surface area contributed by atoms with Gasteiger partial charge in [-0.25, -0.2) is 8.42 Å². The molecule has 0 heterocycles. The Morgan fingerprint density at radius 1 is 0.812 bits per heavy atom. The zero-order valence-electron chi connectivity index (χ0n) is 28.0. The Morgan fingerprint density at radius 2 is 1.44 bits per heavy atom. The zero-order chi connectivity index (χ0) is 34.1. The van der Waals surface area contributed by atoms with Crippen LogP contribution in [-0.4, -0.2) is 50.9 Å². The van der Waals surface area contributed by atoms with Gasteiger partial charge in [0.2, 0.25) is 11.8 Å². The summed E-state index contributed by atoms with van der Waals surface area (Å²) in [6.45, 7) is 3.38. The number of hydrogen-bond acceptors (Lipinski definition) is 5. The lowest BCUT2D eigenvalue weighted by atomic mass is 9.94. The number of carbonyl (C=O) groups excluding carboxylic acids is 2. The summed E-state index contributed by atoms with van der Waals surface area (Å²) in [4.78, 5) is 30.7. The standard InChI is InChI=1S/C39H45N3O5S/c1-29-22-30(2)24-34(23-29)42(48(45,46)36-20-11-6-12-21-36)28-38(43)41(27-32-16-13-19-35(25-32)47-3)37(26-31-14-7-4-8-15-31)39(44)40-33-17-9-5-10-18-33/h4,6-8,11-16,19-25,33,37H,5,9-10,17-18,26-28H2,1-3H3,(H,40,44)/t37-/m0/s1. The molecule has 0 aliphatic heterocycles. The first-order valence-electron chi connectivity index (χ1n) is 16.6. The monoisotopic (exact) mass is 667 g/mol. The Bertz CT molecular complexity index is 1770. The lowest BCUT2D eigenvalue weighted by molar-refractivity contribution is -0.140. The molecule has 1 fully saturated rings. The van der Waals surface area contributed by atoms with Crippen molar-refractivity contribution in [2.45, 2.75) is 75.9 Å². The van der Waals surface area contributed by atoms with E-state index in [0.29, 0.717) is 11.4 Å². The van der Waals surface area contributed by atoms with Gasteiger partial charge in [0.25, 0.3) is 10.0 Å². The SMILES string of the molecule is COc1cccc(CN(C(=O)CN(c2cc(C)cc(C)c2)S(=O)(=O)c2ccccc2)[C@@H](Cc2ccccc2)C(=O)NC2CCCCC2)c1. The Balaban J connectivity index is 1.58. The molecule has 4 aromatic carbocycles. The summed E-state index contributed by atoms with van der Waals surface area (Å²) in [5.74, 6) is -0.114. The zero-order valence-corrected chi connectivity index (χ0v) is 28.8. The number of ether oxygens (including phenoxy) is 1. The molecule has 9 heteroatoms. The number of carbonyl (C=O) groups is 2. The third-order valence-electron chi connectivity index (χ3n) is 8.81. The largest absolute Gasteiger partial charge is 0.497 e. The third-order valence-corrected chi connectivity index (χ3v) is 10.6. The first-order chi connectivity index (χ1) is 23.1. The first-order valence-corrected chi connectivity index (χ1v) is 18.0. The van der Waals surface area contributed by atoms with E-state index >= 15 is 0 Å². The van der Waals surface area contributed by atoms with E-state index in [2.05, 4.69) is 5.32 Å². The number of hydrogen-bond donors (Lipinski definition) is 1. The Hall–Kier alpha value is -4.63. The molecule has 0 radical (unpaired) electrons. The normalized spacial score (nSPS) is 14.1. The minimum atomic E-state index is -4.16. The third kappa shape index (κ3) is 8.83. The second-order valence-corrected chi connectivity index (χ2v) is 14.5. The summed E-state index contributed by atoms with van der Waals surface area (Å²) in [6.07, 6.45) is 5.29. The molecule has 0 saturated heterocycles. The minimum Gasteiger partial charge on any atom is -0.497 e. The van der Waals surface area contributed by atoms with Gasteiger partial charge in [0.15, 0.2) is 0 Å². The summed E-state index contributed by atoms with van der Waals surface area (Å²) in [5, 5.41) is 3.25. The van der Waals surface area contributed by atoms with Crippen molar-refractivity contribution in [3.63, 3.8) is 0 Å². The molecule has 8 nitrogen and oxygen atoms in total. The van der Waals surface area contributed by atoms with E-state index < -0.39 is 28.5 Å². The van der Waals surface area contributed by atoms with Crippen LogP contribution in [0.5, 0.6) is 5.75 Å². The van der Waals surface area contributed by atoms with Gasteiger partial charge >= 0.3 is 0 Å². The predicted octanol–water partition coefficient (Wildman–Crippen LogP) is 6.60. The van der Waals surface area contributed by atoms with E-state index in [1.807, 2.05) is 74.5 Å². The number of amides is 2. The molecule has 0 spiro atoms. The number of anilines is 1. The highest BCUT2D eigenvalue weighted by molar-refractivity contribution is 7.92. The summed E-state index contributed by atoms with van der Waals surface area (Å²) >= 11 is 0. The first kappa shape index (κ1) is 34.7. The van der Waals surface area contributed by atoms with E-state index in [0.717, 1.165) is 54.4 Å². The quantitative estimate of drug-likeness (QED) is 0.174. The number of benzene rings is 4. The summed E-state index contributed by atoms with van der Waals surface area (Å²) in [7, 11) is -2.58. The summed E-state index contributed by atoms with van der Waals surface area (Å²) < 4.78 is 35.2. The van der Waals surface area contributed by atoms with Gasteiger partial charge in [-0.15, -0.1) is 0 Å². The van der Waals surface area contributed by atoms with Crippen LogP contribution >= 0.6 is 0 Å². The van der Waals surface area contributed by atoms with Gasteiger partial charge in [0, 0.05) is 19.0 Å². The lowest BCUT2D eigenvalue weighted by Gasteiger charge is -2.35. The molecule has 1 aliphatic rings. The van der Waals surface area contributed by atoms with E-state index in [1.54, 1.807) is 37.4 Å². The second-order valence-electron chi connectivity index (χ2n) is 12.6. The summed E-state index contributed by atoms with van der Waals surface area (Å²) in [5.41, 5.74) is 3.78. The van der Waals surface area contributed by atoms with Crippen molar-refractivity contribution in [3.8, 4) is 5.75 Å². The minimum absolute atomic E-state index is 0.0310. The average Bonchev–Trinajstić information content (AvgIpc) is 3.09. The van der Waals surface area contributed by atoms with E-state index in [1.165, 1.54) is 21.3 Å². The van der Waals surface area contributed by atoms with Crippen molar-refractivity contribution in [2.75, 3.05) is 18.0 Å². The molecule has 48 heavy (non-hydrogen) atoms. The molecule has 4 aromatic rings. The van der Waals surface area contributed by atoms with Crippen LogP contribution in [0, 0.1) is 13.8 Å². The number of nitrogens with one attached hydrogen (secondary N) is 1. The van der Waals surface area contributed by atoms with Crippen LogP contribution < -0.4 is 14.4 Å². The lowest BCUT2D eigenvalue weighted by Crippen LogP contribution is -2.55. The fourth-order valence-electron chi connectivity index (χ4n) is 6.41. The smallest absolute Gasteiger partial charge is 0.264 e. The van der Waals surface area contributed by atoms with Gasteiger partial charge in [-0.3, -0.25) is 13.9 Å². The number of nitrogens with zero attached hydrogens (tertiary/aromatic N) is 2. The maximum Gasteiger partial charge on any atom is 0.264 e. The van der Waals surface area contributed by atoms with Crippen LogP contribution in [0.3, 0.4) is 0 Å². The van der Waals surface area contributed by atoms with Crippen LogP contribution in [0.15, 0.2) is 108 Å². The fourth-order valence-corrected chi connectivity index (χ4v) is 7.83. The van der Waals surface area contributed by atoms with E-state index in [-0.39, 0.29) is 29.8 Å². The molecular formula is C39H45N3O5S. The van der Waals surface area contributed by atoms with Crippen molar-refractivity contribution in [1.29, 1.82) is 0 Å². The molecule has 1 saturated carbocycles. The van der Waals surface area contributed by atoms with Crippen LogP contribution in [0.2, 0.25) is 0 Å². The predicted molar refractivity (Wildman–Crippen MR) is 189 cm³/mol. The van der Waals surface area contributed by atoms with Crippen molar-refractivity contribution in [2.24, 2.45) is 0 Å². The number of sulfonamides is 1. The molecule has 0 unspecified atom stereocenters. The van der Waals surface area contributed by atoms with E-state index in [9.17, 15) is 18.0 Å². The highest BCUT2D eigenvalue weighted by atomic mass is 32.2. The molecule has 2 amide bonds. The van der Waals surface area contributed by atoms with E-state index in [4.69, 9.17) is 4.74 Å². The molecular weight excluding hydrogens is 623 g/mol. The molecule has 0 aromatic heterocycles. The Kier molecular flexibility index (Phi) is 11.5. The van der Waals surface area contributed by atoms with Gasteiger partial charge in [0.1, 0.15) is 18.3 Å². The average molecular weight is 668 g/mol. The van der Waals surface area contributed by atoms with Crippen LogP contribution in [0.1, 0.15) is 54.4 Å². The number of methoxy groups -OCH3 is 1. The van der Waals surface area contributed by atoms with Crippen LogP contribution in [-0.2, 0) is 32.6 Å². The topological polar surface area (TPSA) is 96.0 Å². The molecule has 1 N–H and O–H groups in total. The van der Waals surface area contributed by atoms with Gasteiger partial charge in [0.05, 0.1) is 17.7 Å². The second kappa shape index (κ2) is 16.0. The summed E-state index contributed by atoms with van der Waals surface area (Å²) in [6, 6.07) is 29.7. The number of rotatable bonds is 13. The van der Waals surface area contributed by atoms with Crippen LogP contribution in [0.25, 0.3) is 0 Å². The maximum absolute atomic E-state index is 14.8. The van der Waals surface area contributed by atoms with Gasteiger partial charge in [-0.05, 0) is 85.3 Å². The van der Waals surface area contributed by atoms with Crippen molar-refractivity contribution in [1.82, 2.24) is 10.2 Å². The molecule has 1 aliphatic carbocycles. The van der Waals surface area contributed by atoms with Crippen molar-refractivity contribution in [3.05, 3.63) is 125 Å². The van der Waals surface area contributed by atoms with Gasteiger partial charge < -0.3 is 15.0 Å². The Labute approximate surface area is 284 Å². The van der Waals surface area contributed by atoms with Crippen LogP contribution in [0.4, 0.5) is 5.69 Å². The van der Waals surface area contributed by atoms with Gasteiger partial charge in [-0.1, -0.05) is 86.0 Å². The van der Waals surface area contributed by atoms with Crippen molar-refractivity contribution >= 4 is 27.5 Å². The van der Waals surface area contributed by atoms with Gasteiger partial charge in [-0.2, -0.15) is 0 Å².